The molecule has 0 saturated heterocycles. The van der Waals surface area contributed by atoms with Crippen molar-refractivity contribution in [3.8, 4) is 11.4 Å². The number of aromatic nitrogens is 5. The lowest BCUT2D eigenvalue weighted by atomic mass is 10.2. The smallest absolute Gasteiger partial charge is 0.275 e. The third-order valence-electron chi connectivity index (χ3n) is 3.38. The van der Waals surface area contributed by atoms with Crippen molar-refractivity contribution >= 4 is 11.7 Å². The number of rotatable bonds is 3. The Morgan fingerprint density at radius 3 is 2.64 bits per heavy atom. The number of carbonyl (C=O) groups is 1. The van der Waals surface area contributed by atoms with Gasteiger partial charge in [0.05, 0.1) is 17.7 Å². The summed E-state index contributed by atoms with van der Waals surface area (Å²) in [5, 5.41) is 7.23. The molecule has 0 aliphatic rings. The maximum Gasteiger partial charge on any atom is 0.275 e. The number of aryl methyl sites for hydroxylation is 3. The lowest BCUT2D eigenvalue weighted by molar-refractivity contribution is 0.101. The van der Waals surface area contributed by atoms with Crippen LogP contribution in [-0.2, 0) is 14.1 Å². The predicted octanol–water partition coefficient (Wildman–Crippen LogP) is 1.78. The predicted molar refractivity (Wildman–Crippen MR) is 82.3 cm³/mol. The molecule has 112 valence electrons. The molecule has 0 saturated carbocycles. The number of pyridine rings is 1. The van der Waals surface area contributed by atoms with E-state index in [1.54, 1.807) is 48.9 Å². The van der Waals surface area contributed by atoms with Crippen LogP contribution in [0.15, 0.2) is 36.8 Å². The molecule has 7 heteroatoms. The van der Waals surface area contributed by atoms with Gasteiger partial charge in [0, 0.05) is 26.4 Å². The third kappa shape index (κ3) is 2.48. The van der Waals surface area contributed by atoms with Crippen LogP contribution < -0.4 is 5.32 Å². The SMILES string of the molecule is Cc1ncn(C)c1C(=O)Nc1cc(-c2ccccn2)nn1C. The van der Waals surface area contributed by atoms with Crippen LogP contribution in [0.4, 0.5) is 5.82 Å². The maximum absolute atomic E-state index is 12.4. The molecule has 7 nitrogen and oxygen atoms in total. The monoisotopic (exact) mass is 296 g/mol. The van der Waals surface area contributed by atoms with Crippen molar-refractivity contribution in [3.05, 3.63) is 48.2 Å². The molecule has 22 heavy (non-hydrogen) atoms. The van der Waals surface area contributed by atoms with Gasteiger partial charge in [-0.2, -0.15) is 5.10 Å². The van der Waals surface area contributed by atoms with Gasteiger partial charge in [-0.05, 0) is 19.1 Å². The standard InChI is InChI=1S/C15H16N6O/c1-10-14(20(2)9-17-10)15(22)18-13-8-12(19-21(13)3)11-6-4-5-7-16-11/h4-9H,1-3H3,(H,18,22). The van der Waals surface area contributed by atoms with Gasteiger partial charge in [0.2, 0.25) is 0 Å². The Balaban J connectivity index is 1.88. The number of nitrogens with zero attached hydrogens (tertiary/aromatic N) is 5. The highest BCUT2D eigenvalue weighted by Gasteiger charge is 2.17. The van der Waals surface area contributed by atoms with E-state index in [0.717, 1.165) is 5.69 Å². The molecule has 0 aliphatic heterocycles. The van der Waals surface area contributed by atoms with Gasteiger partial charge in [0.1, 0.15) is 17.2 Å². The fourth-order valence-electron chi connectivity index (χ4n) is 2.27. The highest BCUT2D eigenvalue weighted by Crippen LogP contribution is 2.19. The molecule has 1 amide bonds. The molecule has 0 unspecified atom stereocenters. The van der Waals surface area contributed by atoms with Crippen molar-refractivity contribution in [1.29, 1.82) is 0 Å². The van der Waals surface area contributed by atoms with E-state index >= 15 is 0 Å². The molecule has 0 atom stereocenters. The zero-order valence-electron chi connectivity index (χ0n) is 12.6. The van der Waals surface area contributed by atoms with E-state index in [-0.39, 0.29) is 5.91 Å². The van der Waals surface area contributed by atoms with Crippen molar-refractivity contribution in [2.75, 3.05) is 5.32 Å². The van der Waals surface area contributed by atoms with Gasteiger partial charge in [0.15, 0.2) is 0 Å². The van der Waals surface area contributed by atoms with Crippen molar-refractivity contribution < 1.29 is 4.79 Å². The minimum absolute atomic E-state index is 0.215. The van der Waals surface area contributed by atoms with Gasteiger partial charge in [-0.15, -0.1) is 0 Å². The van der Waals surface area contributed by atoms with Crippen molar-refractivity contribution in [2.24, 2.45) is 14.1 Å². The van der Waals surface area contributed by atoms with Gasteiger partial charge in [-0.3, -0.25) is 14.5 Å². The van der Waals surface area contributed by atoms with Gasteiger partial charge in [-0.1, -0.05) is 6.07 Å². The summed E-state index contributed by atoms with van der Waals surface area (Å²) in [5.41, 5.74) is 2.68. The van der Waals surface area contributed by atoms with Crippen molar-refractivity contribution in [2.45, 2.75) is 6.92 Å². The van der Waals surface area contributed by atoms with Gasteiger partial charge in [-0.25, -0.2) is 4.98 Å². The summed E-state index contributed by atoms with van der Waals surface area (Å²) in [6, 6.07) is 7.42. The van der Waals surface area contributed by atoms with Crippen LogP contribution in [0.3, 0.4) is 0 Å². The number of anilines is 1. The molecular weight excluding hydrogens is 280 g/mol. The first-order chi connectivity index (χ1) is 10.6. The Morgan fingerprint density at radius 1 is 1.18 bits per heavy atom. The zero-order chi connectivity index (χ0) is 15.7. The topological polar surface area (TPSA) is 77.6 Å². The molecule has 3 aromatic heterocycles. The molecule has 0 bridgehead atoms. The molecule has 1 N–H and O–H groups in total. The zero-order valence-corrected chi connectivity index (χ0v) is 12.6. The minimum Gasteiger partial charge on any atom is -0.330 e. The second-order valence-electron chi connectivity index (χ2n) is 5.00. The van der Waals surface area contributed by atoms with Crippen LogP contribution in [0, 0.1) is 6.92 Å². The summed E-state index contributed by atoms with van der Waals surface area (Å²) in [4.78, 5) is 20.8. The fraction of sp³-hybridized carbons (Fsp3) is 0.200. The van der Waals surface area contributed by atoms with E-state index in [4.69, 9.17) is 0 Å². The minimum atomic E-state index is -0.215. The molecular formula is C15H16N6O. The normalized spacial score (nSPS) is 10.7. The number of carbonyl (C=O) groups excluding carboxylic acids is 1. The summed E-state index contributed by atoms with van der Waals surface area (Å²) < 4.78 is 3.31. The second-order valence-corrected chi connectivity index (χ2v) is 5.00. The summed E-state index contributed by atoms with van der Waals surface area (Å²) in [5.74, 6) is 0.388. The first-order valence-electron chi connectivity index (χ1n) is 6.81. The molecule has 3 heterocycles. The summed E-state index contributed by atoms with van der Waals surface area (Å²) in [6.07, 6.45) is 3.33. The summed E-state index contributed by atoms with van der Waals surface area (Å²) >= 11 is 0. The molecule has 0 fully saturated rings. The number of nitrogens with one attached hydrogen (secondary N) is 1. The van der Waals surface area contributed by atoms with Crippen LogP contribution in [0.5, 0.6) is 0 Å². The largest absolute Gasteiger partial charge is 0.330 e. The highest BCUT2D eigenvalue weighted by molar-refractivity contribution is 6.03. The van der Waals surface area contributed by atoms with E-state index < -0.39 is 0 Å². The van der Waals surface area contributed by atoms with E-state index in [9.17, 15) is 4.79 Å². The Kier molecular flexibility index (Phi) is 3.46. The Morgan fingerprint density at radius 2 is 2.00 bits per heavy atom. The van der Waals surface area contributed by atoms with Crippen LogP contribution >= 0.6 is 0 Å². The van der Waals surface area contributed by atoms with E-state index in [2.05, 4.69) is 20.4 Å². The first kappa shape index (κ1) is 14.0. The van der Waals surface area contributed by atoms with Crippen molar-refractivity contribution in [1.82, 2.24) is 24.3 Å². The first-order valence-corrected chi connectivity index (χ1v) is 6.81. The van der Waals surface area contributed by atoms with Gasteiger partial charge in [0.25, 0.3) is 5.91 Å². The molecule has 0 aliphatic carbocycles. The average Bonchev–Trinajstić information content (AvgIpc) is 3.03. The van der Waals surface area contributed by atoms with E-state index in [1.807, 2.05) is 18.2 Å². The Labute approximate surface area is 127 Å². The van der Waals surface area contributed by atoms with Crippen LogP contribution in [0.2, 0.25) is 0 Å². The molecule has 3 aromatic rings. The molecule has 0 radical (unpaired) electrons. The van der Waals surface area contributed by atoms with Crippen molar-refractivity contribution in [3.63, 3.8) is 0 Å². The highest BCUT2D eigenvalue weighted by atomic mass is 16.2. The second kappa shape index (κ2) is 5.44. The lowest BCUT2D eigenvalue weighted by Crippen LogP contribution is -2.18. The molecule has 3 rings (SSSR count). The van der Waals surface area contributed by atoms with E-state index in [0.29, 0.717) is 22.9 Å². The quantitative estimate of drug-likeness (QED) is 0.799. The molecule has 0 aromatic carbocycles. The van der Waals surface area contributed by atoms with Crippen LogP contribution in [-0.4, -0.2) is 30.2 Å². The van der Waals surface area contributed by atoms with Gasteiger partial charge >= 0.3 is 0 Å². The third-order valence-corrected chi connectivity index (χ3v) is 3.38. The Bertz CT molecular complexity index is 798. The number of hydrogen-bond donors (Lipinski definition) is 1. The number of amides is 1. The van der Waals surface area contributed by atoms with Crippen LogP contribution in [0.25, 0.3) is 11.4 Å². The number of hydrogen-bond acceptors (Lipinski definition) is 4. The summed E-state index contributed by atoms with van der Waals surface area (Å²) in [6.45, 7) is 1.80. The number of imidazole rings is 1. The van der Waals surface area contributed by atoms with Crippen LogP contribution in [0.1, 0.15) is 16.2 Å². The maximum atomic E-state index is 12.4. The summed E-state index contributed by atoms with van der Waals surface area (Å²) in [7, 11) is 3.57. The van der Waals surface area contributed by atoms with Gasteiger partial charge < -0.3 is 9.88 Å². The van der Waals surface area contributed by atoms with E-state index in [1.165, 1.54) is 0 Å². The fourth-order valence-corrected chi connectivity index (χ4v) is 2.27. The molecule has 0 spiro atoms. The average molecular weight is 296 g/mol. The lowest BCUT2D eigenvalue weighted by Gasteiger charge is -2.06. The Hall–Kier alpha value is -2.96.